The van der Waals surface area contributed by atoms with Crippen molar-refractivity contribution in [3.05, 3.63) is 0 Å². The van der Waals surface area contributed by atoms with E-state index in [0.29, 0.717) is 12.8 Å². The third-order valence-electron chi connectivity index (χ3n) is 3.81. The maximum absolute atomic E-state index is 12.2. The van der Waals surface area contributed by atoms with Crippen molar-refractivity contribution in [3.63, 3.8) is 0 Å². The Balaban J connectivity index is 2.13. The van der Waals surface area contributed by atoms with Gasteiger partial charge in [-0.15, -0.1) is 0 Å². The van der Waals surface area contributed by atoms with Gasteiger partial charge in [0.25, 0.3) is 0 Å². The maximum atomic E-state index is 12.2. The highest BCUT2D eigenvalue weighted by molar-refractivity contribution is 7.47. The molecule has 0 aromatic heterocycles. The summed E-state index contributed by atoms with van der Waals surface area (Å²) in [7, 11) is -4.10. The number of hydrogen-bond acceptors (Lipinski definition) is 5. The second kappa shape index (κ2) is 6.26. The highest BCUT2D eigenvalue weighted by Crippen LogP contribution is 2.57. The first kappa shape index (κ1) is 17.4. The van der Waals surface area contributed by atoms with E-state index in [4.69, 9.17) is 18.5 Å². The first-order valence-electron chi connectivity index (χ1n) is 7.66. The van der Waals surface area contributed by atoms with Crippen molar-refractivity contribution < 1.29 is 28.0 Å². The summed E-state index contributed by atoms with van der Waals surface area (Å²) in [6.45, 7) is 9.29. The van der Waals surface area contributed by atoms with Gasteiger partial charge in [0.2, 0.25) is 0 Å². The lowest BCUT2D eigenvalue weighted by molar-refractivity contribution is -0.105. The molecule has 1 aliphatic heterocycles. The Kier molecular flexibility index (Phi) is 5.19. The summed E-state index contributed by atoms with van der Waals surface area (Å²) in [6, 6.07) is 0. The Hall–Kier alpha value is 0.0300. The molecule has 3 unspecified atom stereocenters. The molecule has 0 spiro atoms. The summed E-state index contributed by atoms with van der Waals surface area (Å²) in [6.07, 6.45) is 1.26. The second-order valence-electron chi connectivity index (χ2n) is 6.61. The van der Waals surface area contributed by atoms with Crippen LogP contribution in [0.5, 0.6) is 0 Å². The molecule has 1 saturated carbocycles. The Morgan fingerprint density at radius 2 is 1.95 bits per heavy atom. The van der Waals surface area contributed by atoms with Gasteiger partial charge in [0.15, 0.2) is 0 Å². The molecule has 0 radical (unpaired) electrons. The summed E-state index contributed by atoms with van der Waals surface area (Å²) in [5.41, 5.74) is -0.780. The zero-order valence-electron chi connectivity index (χ0n) is 13.4. The maximum Gasteiger partial charge on any atom is 0.473 e. The molecule has 0 aromatic rings. The number of hydrogen-bond donors (Lipinski definition) is 1. The van der Waals surface area contributed by atoms with Crippen LogP contribution in [0, 0.1) is 0 Å². The van der Waals surface area contributed by atoms with Crippen LogP contribution >= 0.6 is 7.82 Å². The summed E-state index contributed by atoms with van der Waals surface area (Å²) < 4.78 is 34.6. The van der Waals surface area contributed by atoms with Gasteiger partial charge in [-0.3, -0.25) is 9.05 Å². The SMILES string of the molecule is CC(C)O[C@H]1CCC2(OP(=O)(O)OC(C)C)C[C@H](C)OC12. The van der Waals surface area contributed by atoms with Crippen LogP contribution in [0.15, 0.2) is 0 Å². The summed E-state index contributed by atoms with van der Waals surface area (Å²) in [4.78, 5) is 9.96. The van der Waals surface area contributed by atoms with Crippen LogP contribution in [0.2, 0.25) is 0 Å². The largest absolute Gasteiger partial charge is 0.473 e. The first-order valence-corrected chi connectivity index (χ1v) is 9.16. The molecule has 6 nitrogen and oxygen atoms in total. The van der Waals surface area contributed by atoms with E-state index in [1.807, 2.05) is 20.8 Å². The van der Waals surface area contributed by atoms with E-state index in [1.165, 1.54) is 0 Å². The topological polar surface area (TPSA) is 74.2 Å². The predicted molar refractivity (Wildman–Crippen MR) is 78.1 cm³/mol. The minimum atomic E-state index is -4.10. The molecule has 0 bridgehead atoms. The molecule has 2 rings (SSSR count). The molecule has 1 aliphatic carbocycles. The normalized spacial score (nSPS) is 39.0. The van der Waals surface area contributed by atoms with Gasteiger partial charge in [-0.05, 0) is 47.5 Å². The van der Waals surface area contributed by atoms with Crippen LogP contribution < -0.4 is 0 Å². The van der Waals surface area contributed by atoms with Gasteiger partial charge in [0, 0.05) is 6.42 Å². The van der Waals surface area contributed by atoms with Crippen LogP contribution in [-0.4, -0.2) is 41.0 Å². The highest BCUT2D eigenvalue weighted by atomic mass is 31.2. The monoisotopic (exact) mass is 322 g/mol. The lowest BCUT2D eigenvalue weighted by Gasteiger charge is -2.31. The molecule has 7 heteroatoms. The standard InChI is InChI=1S/C14H27O6P/c1-9(2)17-12-6-7-14(8-11(5)18-13(12)14)20-21(15,16)19-10(3)4/h9-13H,6-8H2,1-5H3,(H,15,16)/t11-,12-,13?,14?/m0/s1. The first-order chi connectivity index (χ1) is 9.63. The summed E-state index contributed by atoms with van der Waals surface area (Å²) in [5, 5.41) is 0. The Morgan fingerprint density at radius 3 is 2.52 bits per heavy atom. The second-order valence-corrected chi connectivity index (χ2v) is 7.94. The van der Waals surface area contributed by atoms with Gasteiger partial charge in [-0.2, -0.15) is 0 Å². The lowest BCUT2D eigenvalue weighted by Crippen LogP contribution is -2.41. The number of fused-ring (bicyclic) bond motifs is 1. The van der Waals surface area contributed by atoms with E-state index < -0.39 is 13.4 Å². The molecular weight excluding hydrogens is 295 g/mol. The van der Waals surface area contributed by atoms with E-state index in [-0.39, 0.29) is 30.5 Å². The van der Waals surface area contributed by atoms with Crippen LogP contribution in [0.4, 0.5) is 0 Å². The molecule has 1 saturated heterocycles. The van der Waals surface area contributed by atoms with Gasteiger partial charge < -0.3 is 14.4 Å². The van der Waals surface area contributed by atoms with Crippen molar-refractivity contribution in [2.75, 3.05) is 0 Å². The number of phosphoric acid groups is 1. The number of ether oxygens (including phenoxy) is 2. The van der Waals surface area contributed by atoms with E-state index in [0.717, 1.165) is 6.42 Å². The van der Waals surface area contributed by atoms with Gasteiger partial charge in [0.1, 0.15) is 11.7 Å². The Bertz CT molecular complexity index is 412. The fourth-order valence-electron chi connectivity index (χ4n) is 3.38. The average molecular weight is 322 g/mol. The molecule has 5 atom stereocenters. The van der Waals surface area contributed by atoms with Crippen molar-refractivity contribution >= 4 is 7.82 Å². The average Bonchev–Trinajstić information content (AvgIpc) is 2.71. The Morgan fingerprint density at radius 1 is 1.29 bits per heavy atom. The van der Waals surface area contributed by atoms with E-state index in [1.54, 1.807) is 13.8 Å². The smallest absolute Gasteiger partial charge is 0.373 e. The molecule has 124 valence electrons. The third kappa shape index (κ3) is 4.06. The lowest BCUT2D eigenvalue weighted by atomic mass is 9.96. The van der Waals surface area contributed by atoms with Gasteiger partial charge in [-0.1, -0.05) is 0 Å². The van der Waals surface area contributed by atoms with Crippen molar-refractivity contribution in [1.29, 1.82) is 0 Å². The zero-order chi connectivity index (χ0) is 15.8. The van der Waals surface area contributed by atoms with E-state index >= 15 is 0 Å². The number of phosphoric ester groups is 1. The van der Waals surface area contributed by atoms with Gasteiger partial charge in [0.05, 0.1) is 24.4 Å². The minimum absolute atomic E-state index is 0.0207. The highest BCUT2D eigenvalue weighted by Gasteiger charge is 2.59. The molecule has 1 heterocycles. The van der Waals surface area contributed by atoms with Crippen molar-refractivity contribution in [3.8, 4) is 0 Å². The molecule has 1 N–H and O–H groups in total. The molecular formula is C14H27O6P. The van der Waals surface area contributed by atoms with Crippen molar-refractivity contribution in [2.45, 2.75) is 90.0 Å². The molecule has 21 heavy (non-hydrogen) atoms. The fraction of sp³-hybridized carbons (Fsp3) is 1.00. The van der Waals surface area contributed by atoms with Gasteiger partial charge >= 0.3 is 7.82 Å². The van der Waals surface area contributed by atoms with Crippen molar-refractivity contribution in [2.24, 2.45) is 0 Å². The fourth-order valence-corrected chi connectivity index (χ4v) is 4.68. The van der Waals surface area contributed by atoms with Crippen LogP contribution in [0.25, 0.3) is 0 Å². The molecule has 2 aliphatic rings. The van der Waals surface area contributed by atoms with Crippen LogP contribution in [-0.2, 0) is 23.1 Å². The van der Waals surface area contributed by atoms with Crippen LogP contribution in [0.1, 0.15) is 53.9 Å². The molecule has 2 fully saturated rings. The van der Waals surface area contributed by atoms with Crippen LogP contribution in [0.3, 0.4) is 0 Å². The van der Waals surface area contributed by atoms with E-state index in [9.17, 15) is 9.46 Å². The van der Waals surface area contributed by atoms with Gasteiger partial charge in [-0.25, -0.2) is 4.57 Å². The summed E-state index contributed by atoms with van der Waals surface area (Å²) in [5.74, 6) is 0. The number of rotatable bonds is 6. The molecule has 0 amide bonds. The predicted octanol–water partition coefficient (Wildman–Crippen LogP) is 3.03. The minimum Gasteiger partial charge on any atom is -0.373 e. The third-order valence-corrected chi connectivity index (χ3v) is 5.09. The zero-order valence-corrected chi connectivity index (χ0v) is 14.3. The quantitative estimate of drug-likeness (QED) is 0.758. The Labute approximate surface area is 126 Å². The van der Waals surface area contributed by atoms with E-state index in [2.05, 4.69) is 0 Å². The molecule has 0 aromatic carbocycles. The summed E-state index contributed by atoms with van der Waals surface area (Å²) >= 11 is 0. The van der Waals surface area contributed by atoms with Crippen molar-refractivity contribution in [1.82, 2.24) is 0 Å².